The molecule has 1 saturated heterocycles. The van der Waals surface area contributed by atoms with Crippen LogP contribution in [0, 0.1) is 5.92 Å². The highest BCUT2D eigenvalue weighted by Crippen LogP contribution is 2.23. The predicted molar refractivity (Wildman–Crippen MR) is 69.5 cm³/mol. The molecule has 1 aromatic heterocycles. The van der Waals surface area contributed by atoms with Gasteiger partial charge in [0.25, 0.3) is 0 Å². The van der Waals surface area contributed by atoms with Crippen molar-refractivity contribution in [3.05, 3.63) is 16.4 Å². The normalized spacial score (nSPS) is 21.2. The highest BCUT2D eigenvalue weighted by molar-refractivity contribution is 9.10. The molecule has 1 aliphatic rings. The summed E-state index contributed by atoms with van der Waals surface area (Å²) in [5, 5.41) is 7.89. The zero-order valence-corrected chi connectivity index (χ0v) is 11.5. The van der Waals surface area contributed by atoms with Gasteiger partial charge >= 0.3 is 0 Å². The summed E-state index contributed by atoms with van der Waals surface area (Å²) in [4.78, 5) is 0. The number of hydrogen-bond acceptors (Lipinski definition) is 2. The summed E-state index contributed by atoms with van der Waals surface area (Å²) in [6, 6.07) is 0. The summed E-state index contributed by atoms with van der Waals surface area (Å²) in [5.41, 5.74) is 1.37. The lowest BCUT2D eigenvalue weighted by Crippen LogP contribution is -2.31. The van der Waals surface area contributed by atoms with E-state index in [1.807, 2.05) is 6.20 Å². The third-order valence-corrected chi connectivity index (χ3v) is 3.88. The Morgan fingerprint density at radius 1 is 1.62 bits per heavy atom. The Morgan fingerprint density at radius 3 is 3.19 bits per heavy atom. The minimum atomic E-state index is 0.775. The number of rotatable bonds is 4. The molecule has 2 heterocycles. The first-order chi connectivity index (χ1) is 7.81. The highest BCUT2D eigenvalue weighted by Gasteiger charge is 2.17. The smallest absolute Gasteiger partial charge is 0.0635 e. The van der Waals surface area contributed by atoms with Gasteiger partial charge in [0.1, 0.15) is 0 Å². The second kappa shape index (κ2) is 5.82. The molecule has 1 N–H and O–H groups in total. The lowest BCUT2D eigenvalue weighted by molar-refractivity contribution is 0.366. The van der Waals surface area contributed by atoms with Crippen LogP contribution in [-0.4, -0.2) is 22.9 Å². The Morgan fingerprint density at radius 2 is 2.50 bits per heavy atom. The highest BCUT2D eigenvalue weighted by atomic mass is 79.9. The maximum atomic E-state index is 4.42. The monoisotopic (exact) mass is 285 g/mol. The van der Waals surface area contributed by atoms with E-state index in [4.69, 9.17) is 0 Å². The molecular weight excluding hydrogens is 266 g/mol. The molecule has 1 unspecified atom stereocenters. The van der Waals surface area contributed by atoms with Crippen molar-refractivity contribution >= 4 is 15.9 Å². The lowest BCUT2D eigenvalue weighted by atomic mass is 9.95. The summed E-state index contributed by atoms with van der Waals surface area (Å²) >= 11 is 3.61. The maximum absolute atomic E-state index is 4.42. The molecule has 1 aromatic rings. The van der Waals surface area contributed by atoms with E-state index in [2.05, 4.69) is 38.0 Å². The van der Waals surface area contributed by atoms with Gasteiger partial charge < -0.3 is 5.32 Å². The summed E-state index contributed by atoms with van der Waals surface area (Å²) < 4.78 is 3.32. The van der Waals surface area contributed by atoms with Crippen molar-refractivity contribution < 1.29 is 0 Å². The zero-order valence-electron chi connectivity index (χ0n) is 9.88. The number of aromatic nitrogens is 2. The average Bonchev–Trinajstić information content (AvgIpc) is 2.64. The van der Waals surface area contributed by atoms with Crippen LogP contribution in [0.15, 0.2) is 10.7 Å². The van der Waals surface area contributed by atoms with E-state index in [-0.39, 0.29) is 0 Å². The summed E-state index contributed by atoms with van der Waals surface area (Å²) in [7, 11) is 0. The van der Waals surface area contributed by atoms with E-state index in [1.54, 1.807) is 0 Å². The van der Waals surface area contributed by atoms with Gasteiger partial charge in [-0.3, -0.25) is 4.68 Å². The number of piperidine rings is 1. The van der Waals surface area contributed by atoms with Crippen LogP contribution >= 0.6 is 15.9 Å². The van der Waals surface area contributed by atoms with Crippen LogP contribution < -0.4 is 5.32 Å². The molecule has 0 aromatic carbocycles. The number of halogens is 1. The molecule has 1 fully saturated rings. The topological polar surface area (TPSA) is 29.9 Å². The van der Waals surface area contributed by atoms with Crippen LogP contribution in [0.1, 0.15) is 31.9 Å². The third-order valence-electron chi connectivity index (χ3n) is 3.21. The zero-order chi connectivity index (χ0) is 11.4. The van der Waals surface area contributed by atoms with Gasteiger partial charge in [0.15, 0.2) is 0 Å². The van der Waals surface area contributed by atoms with Gasteiger partial charge in [0.2, 0.25) is 0 Å². The van der Waals surface area contributed by atoms with Gasteiger partial charge in [0, 0.05) is 6.54 Å². The molecule has 0 amide bonds. The van der Waals surface area contributed by atoms with Crippen LogP contribution in [0.4, 0.5) is 0 Å². The summed E-state index contributed by atoms with van der Waals surface area (Å²) in [6.07, 6.45) is 6.87. The fraction of sp³-hybridized carbons (Fsp3) is 0.750. The molecule has 1 aliphatic heterocycles. The molecule has 0 bridgehead atoms. The Bertz CT molecular complexity index is 329. The van der Waals surface area contributed by atoms with E-state index in [9.17, 15) is 0 Å². The molecule has 0 spiro atoms. The molecule has 16 heavy (non-hydrogen) atoms. The van der Waals surface area contributed by atoms with Crippen molar-refractivity contribution in [1.82, 2.24) is 15.1 Å². The fourth-order valence-electron chi connectivity index (χ4n) is 2.37. The number of aryl methyl sites for hydroxylation is 1. The van der Waals surface area contributed by atoms with E-state index in [0.717, 1.165) is 31.8 Å². The van der Waals surface area contributed by atoms with Crippen LogP contribution in [0.5, 0.6) is 0 Å². The molecule has 0 saturated carbocycles. The standard InChI is InChI=1S/C12H20BrN3/c1-2-6-16-12(11(13)9-15-16)7-10-4-3-5-14-8-10/h9-10,14H,2-8H2,1H3. The van der Waals surface area contributed by atoms with Gasteiger partial charge in [0.05, 0.1) is 16.4 Å². The minimum Gasteiger partial charge on any atom is -0.316 e. The molecule has 0 aliphatic carbocycles. The van der Waals surface area contributed by atoms with Crippen molar-refractivity contribution in [2.24, 2.45) is 5.92 Å². The van der Waals surface area contributed by atoms with Crippen LogP contribution in [0.25, 0.3) is 0 Å². The largest absolute Gasteiger partial charge is 0.316 e. The quantitative estimate of drug-likeness (QED) is 0.922. The third kappa shape index (κ3) is 2.86. The molecule has 3 nitrogen and oxygen atoms in total. The number of hydrogen-bond donors (Lipinski definition) is 1. The van der Waals surface area contributed by atoms with Crippen molar-refractivity contribution in [2.75, 3.05) is 13.1 Å². The van der Waals surface area contributed by atoms with Gasteiger partial charge in [-0.05, 0) is 60.6 Å². The molecule has 2 rings (SSSR count). The average molecular weight is 286 g/mol. The van der Waals surface area contributed by atoms with E-state index in [0.29, 0.717) is 0 Å². The van der Waals surface area contributed by atoms with Gasteiger partial charge in [-0.2, -0.15) is 5.10 Å². The van der Waals surface area contributed by atoms with Crippen molar-refractivity contribution in [2.45, 2.75) is 39.2 Å². The van der Waals surface area contributed by atoms with Gasteiger partial charge in [-0.1, -0.05) is 6.92 Å². The first-order valence-electron chi connectivity index (χ1n) is 6.22. The lowest BCUT2D eigenvalue weighted by Gasteiger charge is -2.23. The molecule has 90 valence electrons. The van der Waals surface area contributed by atoms with Gasteiger partial charge in [-0.15, -0.1) is 0 Å². The van der Waals surface area contributed by atoms with Crippen molar-refractivity contribution in [1.29, 1.82) is 0 Å². The first-order valence-corrected chi connectivity index (χ1v) is 7.01. The second-order valence-electron chi connectivity index (χ2n) is 4.58. The van der Waals surface area contributed by atoms with Crippen molar-refractivity contribution in [3.63, 3.8) is 0 Å². The summed E-state index contributed by atoms with van der Waals surface area (Å²) in [5.74, 6) is 0.775. The fourth-order valence-corrected chi connectivity index (χ4v) is 2.83. The second-order valence-corrected chi connectivity index (χ2v) is 5.43. The van der Waals surface area contributed by atoms with Crippen LogP contribution in [0.3, 0.4) is 0 Å². The van der Waals surface area contributed by atoms with E-state index >= 15 is 0 Å². The van der Waals surface area contributed by atoms with Crippen molar-refractivity contribution in [3.8, 4) is 0 Å². The Kier molecular flexibility index (Phi) is 4.41. The predicted octanol–water partition coefficient (Wildman–Crippen LogP) is 2.60. The van der Waals surface area contributed by atoms with Gasteiger partial charge in [-0.25, -0.2) is 0 Å². The summed E-state index contributed by atoms with van der Waals surface area (Å²) in [6.45, 7) is 5.57. The maximum Gasteiger partial charge on any atom is 0.0635 e. The molecule has 0 radical (unpaired) electrons. The first kappa shape index (κ1) is 12.1. The Balaban J connectivity index is 2.03. The molecular formula is C12H20BrN3. The Hall–Kier alpha value is -0.350. The van der Waals surface area contributed by atoms with E-state index in [1.165, 1.54) is 29.6 Å². The molecule has 4 heteroatoms. The Labute approximate surface area is 106 Å². The molecule has 1 atom stereocenters. The number of nitrogens with zero attached hydrogens (tertiary/aromatic N) is 2. The van der Waals surface area contributed by atoms with E-state index < -0.39 is 0 Å². The SMILES string of the molecule is CCCn1ncc(Br)c1CC1CCCNC1. The van der Waals surface area contributed by atoms with Crippen LogP contribution in [0.2, 0.25) is 0 Å². The van der Waals surface area contributed by atoms with Crippen LogP contribution in [-0.2, 0) is 13.0 Å². The number of nitrogens with one attached hydrogen (secondary N) is 1. The minimum absolute atomic E-state index is 0.775.